The molecule has 1 aliphatic carbocycles. The standard InChI is InChI=1S/C22H19FN2O6/c1-31-19-9-13(7-17(22(19)28)25(29)30)15-10-20(27)24-16-6-12(8-18(26)21(15)16)11-2-4-14(23)5-3-11/h2-5,7,9,12,15,28H,6,8,10H2,1H3,(H,24,27)/t12-,15+/m1/s1. The van der Waals surface area contributed by atoms with Gasteiger partial charge in [0.15, 0.2) is 11.5 Å². The maximum absolute atomic E-state index is 13.3. The molecule has 1 aliphatic heterocycles. The number of hydrogen-bond acceptors (Lipinski definition) is 6. The summed E-state index contributed by atoms with van der Waals surface area (Å²) in [6, 6.07) is 8.48. The number of benzene rings is 2. The topological polar surface area (TPSA) is 119 Å². The number of phenolic OH excluding ortho intramolecular Hbond substituents is 1. The molecular weight excluding hydrogens is 407 g/mol. The summed E-state index contributed by atoms with van der Waals surface area (Å²) in [5.41, 5.74) is 1.45. The number of methoxy groups -OCH3 is 1. The van der Waals surface area contributed by atoms with Crippen LogP contribution in [0.25, 0.3) is 0 Å². The Morgan fingerprint density at radius 1 is 1.13 bits per heavy atom. The van der Waals surface area contributed by atoms with Crippen LogP contribution in [-0.4, -0.2) is 28.8 Å². The number of rotatable bonds is 4. The SMILES string of the molecule is COc1cc([C@@H]2CC(=O)NC3=C2C(=O)C[C@H](c2ccc(F)cc2)C3)cc([N+](=O)[O-])c1O. The smallest absolute Gasteiger partial charge is 0.314 e. The molecule has 31 heavy (non-hydrogen) atoms. The van der Waals surface area contributed by atoms with E-state index >= 15 is 0 Å². The lowest BCUT2D eigenvalue weighted by molar-refractivity contribution is -0.386. The van der Waals surface area contributed by atoms with Gasteiger partial charge in [0.1, 0.15) is 5.82 Å². The Morgan fingerprint density at radius 2 is 1.84 bits per heavy atom. The van der Waals surface area contributed by atoms with Crippen molar-refractivity contribution in [2.75, 3.05) is 7.11 Å². The van der Waals surface area contributed by atoms with Crippen LogP contribution in [0.4, 0.5) is 10.1 Å². The van der Waals surface area contributed by atoms with Crippen molar-refractivity contribution in [1.29, 1.82) is 0 Å². The Morgan fingerprint density at radius 3 is 2.48 bits per heavy atom. The Labute approximate surface area is 176 Å². The number of halogens is 1. The number of amides is 1. The van der Waals surface area contributed by atoms with E-state index in [1.807, 2.05) is 0 Å². The second kappa shape index (κ2) is 7.82. The molecule has 2 N–H and O–H groups in total. The number of ether oxygens (including phenoxy) is 1. The lowest BCUT2D eigenvalue weighted by Gasteiger charge is -2.34. The first-order valence-corrected chi connectivity index (χ1v) is 9.65. The van der Waals surface area contributed by atoms with Gasteiger partial charge >= 0.3 is 5.69 Å². The van der Waals surface area contributed by atoms with Crippen molar-refractivity contribution in [3.63, 3.8) is 0 Å². The van der Waals surface area contributed by atoms with Crippen LogP contribution in [0.3, 0.4) is 0 Å². The molecule has 0 bridgehead atoms. The average molecular weight is 426 g/mol. The van der Waals surface area contributed by atoms with Crippen molar-refractivity contribution in [3.8, 4) is 11.5 Å². The van der Waals surface area contributed by atoms with Gasteiger partial charge in [-0.3, -0.25) is 19.7 Å². The van der Waals surface area contributed by atoms with Gasteiger partial charge in [-0.1, -0.05) is 12.1 Å². The molecule has 2 atom stereocenters. The summed E-state index contributed by atoms with van der Waals surface area (Å²) in [5.74, 6) is -2.50. The highest BCUT2D eigenvalue weighted by Gasteiger charge is 2.39. The predicted octanol–water partition coefficient (Wildman–Crippen LogP) is 3.45. The van der Waals surface area contributed by atoms with E-state index in [4.69, 9.17) is 4.74 Å². The summed E-state index contributed by atoms with van der Waals surface area (Å²) >= 11 is 0. The third-order valence-electron chi connectivity index (χ3n) is 5.77. The van der Waals surface area contributed by atoms with Gasteiger partial charge in [-0.05, 0) is 41.7 Å². The van der Waals surface area contributed by atoms with Gasteiger partial charge in [0.2, 0.25) is 11.7 Å². The number of carbonyl (C=O) groups is 2. The van der Waals surface area contributed by atoms with Crippen LogP contribution in [0.5, 0.6) is 11.5 Å². The van der Waals surface area contributed by atoms with E-state index in [0.29, 0.717) is 23.3 Å². The molecule has 0 fully saturated rings. The molecule has 2 aliphatic rings. The first-order chi connectivity index (χ1) is 14.8. The summed E-state index contributed by atoms with van der Waals surface area (Å²) < 4.78 is 18.3. The number of phenols is 1. The summed E-state index contributed by atoms with van der Waals surface area (Å²) in [4.78, 5) is 36.1. The van der Waals surface area contributed by atoms with Crippen molar-refractivity contribution in [2.45, 2.75) is 31.1 Å². The van der Waals surface area contributed by atoms with Gasteiger partial charge in [0.05, 0.1) is 12.0 Å². The first-order valence-electron chi connectivity index (χ1n) is 9.65. The fourth-order valence-corrected chi connectivity index (χ4v) is 4.33. The zero-order valence-corrected chi connectivity index (χ0v) is 16.6. The van der Waals surface area contributed by atoms with E-state index in [-0.39, 0.29) is 42.0 Å². The molecule has 1 amide bonds. The molecule has 9 heteroatoms. The summed E-state index contributed by atoms with van der Waals surface area (Å²) in [7, 11) is 1.26. The second-order valence-electron chi connectivity index (χ2n) is 7.63. The van der Waals surface area contributed by atoms with Gasteiger partial charge in [0.25, 0.3) is 0 Å². The highest BCUT2D eigenvalue weighted by atomic mass is 19.1. The van der Waals surface area contributed by atoms with Crippen molar-refractivity contribution < 1.29 is 28.7 Å². The number of nitrogens with one attached hydrogen (secondary N) is 1. The van der Waals surface area contributed by atoms with Crippen LogP contribution in [0.15, 0.2) is 47.7 Å². The number of hydrogen-bond donors (Lipinski definition) is 2. The van der Waals surface area contributed by atoms with Crippen molar-refractivity contribution in [3.05, 3.63) is 74.7 Å². The van der Waals surface area contributed by atoms with Crippen LogP contribution >= 0.6 is 0 Å². The minimum atomic E-state index is -0.743. The van der Waals surface area contributed by atoms with Crippen molar-refractivity contribution in [2.24, 2.45) is 0 Å². The zero-order valence-electron chi connectivity index (χ0n) is 16.6. The number of nitro groups is 1. The van der Waals surface area contributed by atoms with Gasteiger partial charge in [-0.15, -0.1) is 0 Å². The van der Waals surface area contributed by atoms with E-state index in [2.05, 4.69) is 5.32 Å². The third kappa shape index (κ3) is 3.74. The van der Waals surface area contributed by atoms with E-state index in [9.17, 15) is 29.2 Å². The number of allylic oxidation sites excluding steroid dienone is 2. The monoisotopic (exact) mass is 426 g/mol. The quantitative estimate of drug-likeness (QED) is 0.571. The van der Waals surface area contributed by atoms with Crippen LogP contribution < -0.4 is 10.1 Å². The van der Waals surface area contributed by atoms with Crippen molar-refractivity contribution >= 4 is 17.4 Å². The number of ketones is 1. The molecule has 4 rings (SSSR count). The molecule has 0 saturated carbocycles. The number of nitro benzene ring substituents is 1. The molecule has 2 aromatic carbocycles. The maximum Gasteiger partial charge on any atom is 0.314 e. The lowest BCUT2D eigenvalue weighted by atomic mass is 9.73. The van der Waals surface area contributed by atoms with E-state index in [1.165, 1.54) is 31.4 Å². The van der Waals surface area contributed by atoms with Gasteiger partial charge in [0, 0.05) is 36.1 Å². The zero-order chi connectivity index (χ0) is 22.3. The largest absolute Gasteiger partial charge is 0.500 e. The van der Waals surface area contributed by atoms with Gasteiger partial charge < -0.3 is 15.2 Å². The normalized spacial score (nSPS) is 20.8. The van der Waals surface area contributed by atoms with Crippen LogP contribution in [0.1, 0.15) is 42.2 Å². The highest BCUT2D eigenvalue weighted by Crippen LogP contribution is 2.46. The molecule has 0 radical (unpaired) electrons. The summed E-state index contributed by atoms with van der Waals surface area (Å²) in [6.45, 7) is 0. The van der Waals surface area contributed by atoms with Crippen LogP contribution in [0.2, 0.25) is 0 Å². The predicted molar refractivity (Wildman–Crippen MR) is 107 cm³/mol. The van der Waals surface area contributed by atoms with E-state index < -0.39 is 22.3 Å². The second-order valence-corrected chi connectivity index (χ2v) is 7.63. The number of Topliss-reactive ketones (excluding diaryl/α,β-unsaturated/α-hetero) is 1. The Bertz CT molecular complexity index is 1130. The molecule has 0 unspecified atom stereocenters. The first kappa shape index (κ1) is 20.5. The van der Waals surface area contributed by atoms with E-state index in [1.54, 1.807) is 12.1 Å². The fourth-order valence-electron chi connectivity index (χ4n) is 4.33. The summed E-state index contributed by atoms with van der Waals surface area (Å²) in [6.07, 6.45) is 0.497. The minimum absolute atomic E-state index is 0.0587. The minimum Gasteiger partial charge on any atom is -0.500 e. The Hall–Kier alpha value is -3.75. The molecule has 160 valence electrons. The molecule has 0 aromatic heterocycles. The average Bonchev–Trinajstić information content (AvgIpc) is 2.73. The number of nitrogens with zero attached hydrogens (tertiary/aromatic N) is 1. The number of carbonyl (C=O) groups excluding carboxylic acids is 2. The molecule has 0 spiro atoms. The van der Waals surface area contributed by atoms with Crippen LogP contribution in [-0.2, 0) is 9.59 Å². The fraction of sp³-hybridized carbons (Fsp3) is 0.273. The number of aromatic hydroxyl groups is 1. The van der Waals surface area contributed by atoms with E-state index in [0.717, 1.165) is 5.56 Å². The molecule has 2 aromatic rings. The third-order valence-corrected chi connectivity index (χ3v) is 5.77. The molecule has 0 saturated heterocycles. The molecule has 8 nitrogen and oxygen atoms in total. The molecule has 1 heterocycles. The van der Waals surface area contributed by atoms with Crippen LogP contribution in [0, 0.1) is 15.9 Å². The lowest BCUT2D eigenvalue weighted by Crippen LogP contribution is -2.38. The highest BCUT2D eigenvalue weighted by molar-refractivity contribution is 6.02. The Kier molecular flexibility index (Phi) is 5.18. The van der Waals surface area contributed by atoms with Crippen molar-refractivity contribution in [1.82, 2.24) is 5.32 Å². The maximum atomic E-state index is 13.3. The molecular formula is C22H19FN2O6. The Balaban J connectivity index is 1.77. The van der Waals surface area contributed by atoms with Gasteiger partial charge in [-0.25, -0.2) is 4.39 Å². The summed E-state index contributed by atoms with van der Waals surface area (Å²) in [5, 5.41) is 24.2. The van der Waals surface area contributed by atoms with Gasteiger partial charge in [-0.2, -0.15) is 0 Å².